The molecule has 2 aromatic carbocycles. The molecule has 1 atom stereocenters. The van der Waals surface area contributed by atoms with Gasteiger partial charge < -0.3 is 18.9 Å². The molecule has 0 heterocycles. The molecular weight excluding hydrogens is 473 g/mol. The lowest BCUT2D eigenvalue weighted by Gasteiger charge is -2.19. The molecule has 0 fully saturated rings. The second-order valence-corrected chi connectivity index (χ2v) is 7.19. The summed E-state index contributed by atoms with van der Waals surface area (Å²) in [7, 11) is 2.89. The minimum Gasteiger partial charge on any atom is -0.497 e. The molecule has 11 heteroatoms. The molecule has 1 amide bonds. The van der Waals surface area contributed by atoms with Crippen molar-refractivity contribution in [3.63, 3.8) is 0 Å². The molecule has 0 saturated carbocycles. The molecule has 0 aliphatic rings. The number of carbonyl (C=O) groups excluding carboxylic acids is 2. The molecule has 0 radical (unpaired) electrons. The first kappa shape index (κ1) is 26.2. The number of hydrogen-bond acceptors (Lipinski definition) is 8. The Hall–Kier alpha value is -3.04. The number of rotatable bonds is 11. The molecule has 2 rings (SSSR count). The van der Waals surface area contributed by atoms with Crippen LogP contribution in [0.4, 0.5) is 11.4 Å². The zero-order valence-corrected chi connectivity index (χ0v) is 20.4. The highest BCUT2D eigenvalue weighted by Gasteiger charge is 2.31. The monoisotopic (exact) mass is 497 g/mol. The molecular formula is C22H25Cl2N3O6. The summed E-state index contributed by atoms with van der Waals surface area (Å²) in [5.41, 5.74) is 0.411. The van der Waals surface area contributed by atoms with Gasteiger partial charge in [0.05, 0.1) is 27.4 Å². The summed E-state index contributed by atoms with van der Waals surface area (Å²) in [5, 5.41) is 8.21. The van der Waals surface area contributed by atoms with Crippen LogP contribution in [0.5, 0.6) is 23.0 Å². The largest absolute Gasteiger partial charge is 0.497 e. The van der Waals surface area contributed by atoms with Crippen molar-refractivity contribution in [2.75, 3.05) is 31.9 Å². The van der Waals surface area contributed by atoms with E-state index in [1.54, 1.807) is 31.2 Å². The summed E-state index contributed by atoms with van der Waals surface area (Å²) in [6.07, 6.45) is 0. The Labute approximate surface area is 202 Å². The number of nitrogens with zero attached hydrogens (tertiary/aromatic N) is 3. The average molecular weight is 498 g/mol. The highest BCUT2D eigenvalue weighted by atomic mass is 35.5. The van der Waals surface area contributed by atoms with Crippen LogP contribution in [-0.2, 0) is 9.59 Å². The smallest absolute Gasteiger partial charge is 0.276 e. The first-order valence-electron chi connectivity index (χ1n) is 10.00. The molecule has 1 unspecified atom stereocenters. The molecule has 9 nitrogen and oxygen atoms in total. The van der Waals surface area contributed by atoms with Crippen molar-refractivity contribution < 1.29 is 28.5 Å². The number of carbonyl (C=O) groups is 2. The van der Waals surface area contributed by atoms with Crippen LogP contribution < -0.4 is 23.4 Å². The number of ether oxygens (including phenoxy) is 4. The van der Waals surface area contributed by atoms with Gasteiger partial charge in [-0.1, -0.05) is 11.6 Å². The van der Waals surface area contributed by atoms with Crippen molar-refractivity contribution in [1.29, 1.82) is 0 Å². The third kappa shape index (κ3) is 6.27. The van der Waals surface area contributed by atoms with Gasteiger partial charge in [-0.2, -0.15) is 10.2 Å². The number of hydrogen-bond donors (Lipinski definition) is 0. The van der Waals surface area contributed by atoms with Crippen LogP contribution in [0.1, 0.15) is 20.8 Å². The van der Waals surface area contributed by atoms with Gasteiger partial charge in [0.1, 0.15) is 33.6 Å². The first-order valence-corrected chi connectivity index (χ1v) is 10.7. The Morgan fingerprint density at radius 2 is 1.70 bits per heavy atom. The predicted octanol–water partition coefficient (Wildman–Crippen LogP) is 5.38. The minimum absolute atomic E-state index is 0.184. The molecule has 0 aliphatic heterocycles. The van der Waals surface area contributed by atoms with E-state index in [0.717, 1.165) is 4.42 Å². The molecule has 0 aromatic heterocycles. The van der Waals surface area contributed by atoms with Gasteiger partial charge in [-0.05, 0) is 45.0 Å². The third-order valence-corrected chi connectivity index (χ3v) is 5.03. The van der Waals surface area contributed by atoms with Crippen molar-refractivity contribution in [2.45, 2.75) is 26.8 Å². The summed E-state index contributed by atoms with van der Waals surface area (Å²) in [5.74, 6) is -0.00898. The van der Waals surface area contributed by atoms with Gasteiger partial charge >= 0.3 is 0 Å². The molecule has 0 bridgehead atoms. The standard InChI is InChI=1S/C22H25Cl2N3O6/c1-6-32-18-11-9-15(21(19(18)23)33-7-2)25-26-20(13(3)28)22(29)27(24)16-12-14(30-4)8-10-17(16)31-5/h8-12,20H,6-7H2,1-5H3. The number of anilines is 1. The zero-order valence-electron chi connectivity index (χ0n) is 18.9. The van der Waals surface area contributed by atoms with Crippen LogP contribution >= 0.6 is 23.4 Å². The fourth-order valence-electron chi connectivity index (χ4n) is 2.76. The maximum Gasteiger partial charge on any atom is 0.276 e. The highest BCUT2D eigenvalue weighted by Crippen LogP contribution is 2.42. The molecule has 0 aliphatic carbocycles. The number of benzene rings is 2. The second-order valence-electron chi connectivity index (χ2n) is 6.48. The lowest BCUT2D eigenvalue weighted by atomic mass is 10.2. The SMILES string of the molecule is CCOc1ccc(N=NC(C(C)=O)C(=O)N(Cl)c2cc(OC)ccc2OC)c(OCC)c1Cl. The number of amides is 1. The van der Waals surface area contributed by atoms with Crippen LogP contribution in [0.15, 0.2) is 40.6 Å². The second kappa shape index (κ2) is 12.3. The van der Waals surface area contributed by atoms with Crippen LogP contribution in [0.3, 0.4) is 0 Å². The number of ketones is 1. The van der Waals surface area contributed by atoms with Crippen molar-refractivity contribution >= 4 is 46.4 Å². The van der Waals surface area contributed by atoms with E-state index in [9.17, 15) is 9.59 Å². The maximum absolute atomic E-state index is 13.0. The quantitative estimate of drug-likeness (QED) is 0.234. The number of methoxy groups -OCH3 is 2. The van der Waals surface area contributed by atoms with E-state index in [2.05, 4.69) is 10.2 Å². The number of azo groups is 1. The Balaban J connectivity index is 2.41. The van der Waals surface area contributed by atoms with Crippen LogP contribution in [-0.4, -0.2) is 45.2 Å². The predicted molar refractivity (Wildman–Crippen MR) is 126 cm³/mol. The van der Waals surface area contributed by atoms with Gasteiger partial charge in [-0.25, -0.2) is 4.42 Å². The fraction of sp³-hybridized carbons (Fsp3) is 0.364. The maximum atomic E-state index is 13.0. The lowest BCUT2D eigenvalue weighted by Crippen LogP contribution is -2.36. The summed E-state index contributed by atoms with van der Waals surface area (Å²) >= 11 is 12.6. The van der Waals surface area contributed by atoms with Crippen molar-refractivity contribution in [1.82, 2.24) is 0 Å². The van der Waals surface area contributed by atoms with Crippen molar-refractivity contribution in [2.24, 2.45) is 10.2 Å². The van der Waals surface area contributed by atoms with E-state index in [1.165, 1.54) is 27.2 Å². The normalized spacial score (nSPS) is 11.7. The zero-order chi connectivity index (χ0) is 24.5. The molecule has 0 N–H and O–H groups in total. The Morgan fingerprint density at radius 3 is 2.27 bits per heavy atom. The summed E-state index contributed by atoms with van der Waals surface area (Å²) in [6.45, 7) is 5.52. The Bertz CT molecular complexity index is 1030. The van der Waals surface area contributed by atoms with Gasteiger partial charge in [-0.3, -0.25) is 9.59 Å². The van der Waals surface area contributed by atoms with E-state index in [0.29, 0.717) is 30.5 Å². The summed E-state index contributed by atoms with van der Waals surface area (Å²) in [4.78, 5) is 25.3. The lowest BCUT2D eigenvalue weighted by molar-refractivity contribution is -0.126. The third-order valence-electron chi connectivity index (χ3n) is 4.32. The van der Waals surface area contributed by atoms with Gasteiger partial charge in [0, 0.05) is 17.8 Å². The topological polar surface area (TPSA) is 99.0 Å². The summed E-state index contributed by atoms with van der Waals surface area (Å²) < 4.78 is 22.2. The van der Waals surface area contributed by atoms with E-state index >= 15 is 0 Å². The molecule has 2 aromatic rings. The Kier molecular flexibility index (Phi) is 9.74. The number of Topliss-reactive ketones (excluding diaryl/α,β-unsaturated/α-hetero) is 1. The van der Waals surface area contributed by atoms with E-state index in [-0.39, 0.29) is 22.1 Å². The fourth-order valence-corrected chi connectivity index (χ4v) is 3.25. The van der Waals surface area contributed by atoms with Crippen LogP contribution in [0.2, 0.25) is 5.02 Å². The van der Waals surface area contributed by atoms with Gasteiger partial charge in [0.15, 0.2) is 11.5 Å². The van der Waals surface area contributed by atoms with Gasteiger partial charge in [-0.15, -0.1) is 0 Å². The van der Waals surface area contributed by atoms with E-state index < -0.39 is 17.7 Å². The summed E-state index contributed by atoms with van der Waals surface area (Å²) in [6, 6.07) is 6.37. The van der Waals surface area contributed by atoms with Crippen LogP contribution in [0.25, 0.3) is 0 Å². The van der Waals surface area contributed by atoms with Gasteiger partial charge in [0.2, 0.25) is 6.04 Å². The molecule has 0 saturated heterocycles. The molecule has 178 valence electrons. The van der Waals surface area contributed by atoms with Crippen molar-refractivity contribution in [3.05, 3.63) is 35.4 Å². The Morgan fingerprint density at radius 1 is 1.03 bits per heavy atom. The van der Waals surface area contributed by atoms with Crippen molar-refractivity contribution in [3.8, 4) is 23.0 Å². The van der Waals surface area contributed by atoms with Gasteiger partial charge in [0.25, 0.3) is 5.91 Å². The van der Waals surface area contributed by atoms with Crippen LogP contribution in [0, 0.1) is 0 Å². The number of halogens is 2. The molecule has 0 spiro atoms. The average Bonchev–Trinajstić information content (AvgIpc) is 2.81. The van der Waals surface area contributed by atoms with E-state index in [4.69, 9.17) is 42.3 Å². The first-order chi connectivity index (χ1) is 15.8. The van der Waals surface area contributed by atoms with E-state index in [1.807, 2.05) is 6.92 Å². The molecule has 33 heavy (non-hydrogen) atoms. The highest BCUT2D eigenvalue weighted by molar-refractivity contribution is 6.39. The minimum atomic E-state index is -1.52.